The topological polar surface area (TPSA) is 49.4 Å². The van der Waals surface area contributed by atoms with Gasteiger partial charge in [0.05, 0.1) is 9.92 Å². The van der Waals surface area contributed by atoms with Crippen molar-refractivity contribution in [1.29, 1.82) is 0 Å². The molecule has 1 saturated heterocycles. The lowest BCUT2D eigenvalue weighted by Crippen LogP contribution is -2.42. The molecule has 2 aromatic rings. The predicted octanol–water partition coefficient (Wildman–Crippen LogP) is 4.05. The van der Waals surface area contributed by atoms with Gasteiger partial charge in [0.25, 0.3) is 0 Å². The minimum atomic E-state index is -3.65. The maximum atomic E-state index is 13.3. The van der Waals surface area contributed by atoms with Crippen molar-refractivity contribution in [2.45, 2.75) is 30.7 Å². The van der Waals surface area contributed by atoms with E-state index in [0.29, 0.717) is 25.9 Å². The molecule has 0 aromatic heterocycles. The Balaban J connectivity index is 1.67. The molecule has 0 atom stereocenters. The van der Waals surface area contributed by atoms with Gasteiger partial charge in [0.15, 0.2) is 0 Å². The molecule has 1 aliphatic heterocycles. The number of rotatable bonds is 4. The second-order valence-electron chi connectivity index (χ2n) is 6.21. The lowest BCUT2D eigenvalue weighted by Gasteiger charge is -2.32. The summed E-state index contributed by atoms with van der Waals surface area (Å²) in [6.45, 7) is 2.88. The molecule has 0 aliphatic carbocycles. The summed E-state index contributed by atoms with van der Waals surface area (Å²) in [4.78, 5) is 0.0317. The van der Waals surface area contributed by atoms with E-state index in [9.17, 15) is 12.8 Å². The van der Waals surface area contributed by atoms with Crippen molar-refractivity contribution in [2.75, 3.05) is 18.4 Å². The highest BCUT2D eigenvalue weighted by Gasteiger charge is 2.29. The molecule has 1 aliphatic rings. The molecule has 0 saturated carbocycles. The van der Waals surface area contributed by atoms with Crippen LogP contribution in [-0.4, -0.2) is 31.9 Å². The Hall–Kier alpha value is -1.63. The van der Waals surface area contributed by atoms with Crippen LogP contribution in [0.2, 0.25) is 5.02 Å². The van der Waals surface area contributed by atoms with Crippen LogP contribution >= 0.6 is 11.6 Å². The van der Waals surface area contributed by atoms with E-state index in [4.69, 9.17) is 11.6 Å². The second kappa shape index (κ2) is 7.32. The number of anilines is 1. The zero-order valence-corrected chi connectivity index (χ0v) is 15.4. The van der Waals surface area contributed by atoms with E-state index in [1.807, 2.05) is 31.2 Å². The summed E-state index contributed by atoms with van der Waals surface area (Å²) in [5, 5.41) is 3.30. The summed E-state index contributed by atoms with van der Waals surface area (Å²) in [7, 11) is -3.65. The highest BCUT2D eigenvalue weighted by atomic mass is 35.5. The van der Waals surface area contributed by atoms with Gasteiger partial charge in [-0.3, -0.25) is 0 Å². The van der Waals surface area contributed by atoms with Gasteiger partial charge < -0.3 is 5.32 Å². The van der Waals surface area contributed by atoms with Gasteiger partial charge in [-0.15, -0.1) is 0 Å². The predicted molar refractivity (Wildman–Crippen MR) is 98.0 cm³/mol. The number of para-hydroxylation sites is 1. The summed E-state index contributed by atoms with van der Waals surface area (Å²) in [5.74, 6) is -0.623. The summed E-state index contributed by atoms with van der Waals surface area (Å²) in [6, 6.07) is 11.8. The Kier molecular flexibility index (Phi) is 5.32. The molecule has 0 spiro atoms. The molecular formula is C18H20ClFN2O2S. The average molecular weight is 383 g/mol. The van der Waals surface area contributed by atoms with Crippen molar-refractivity contribution >= 4 is 27.3 Å². The van der Waals surface area contributed by atoms with E-state index in [1.54, 1.807) is 0 Å². The zero-order valence-electron chi connectivity index (χ0n) is 13.9. The lowest BCUT2D eigenvalue weighted by molar-refractivity contribution is 0.329. The van der Waals surface area contributed by atoms with Crippen LogP contribution in [0.5, 0.6) is 0 Å². The molecule has 0 amide bonds. The van der Waals surface area contributed by atoms with Crippen LogP contribution in [0.3, 0.4) is 0 Å². The molecule has 1 fully saturated rings. The van der Waals surface area contributed by atoms with Crippen molar-refractivity contribution in [3.8, 4) is 0 Å². The fourth-order valence-electron chi connectivity index (χ4n) is 2.98. The van der Waals surface area contributed by atoms with E-state index in [0.717, 1.165) is 11.8 Å². The van der Waals surface area contributed by atoms with E-state index in [-0.39, 0.29) is 16.0 Å². The summed E-state index contributed by atoms with van der Waals surface area (Å²) >= 11 is 5.72. The van der Waals surface area contributed by atoms with Gasteiger partial charge in [-0.05, 0) is 49.6 Å². The molecule has 1 N–H and O–H groups in total. The molecule has 0 radical (unpaired) electrons. The van der Waals surface area contributed by atoms with Gasteiger partial charge in [-0.2, -0.15) is 4.31 Å². The van der Waals surface area contributed by atoms with Crippen molar-refractivity contribution in [2.24, 2.45) is 0 Å². The highest BCUT2D eigenvalue weighted by molar-refractivity contribution is 7.89. The van der Waals surface area contributed by atoms with Gasteiger partial charge in [-0.25, -0.2) is 12.8 Å². The van der Waals surface area contributed by atoms with Crippen LogP contribution in [0.25, 0.3) is 0 Å². The Bertz CT molecular complexity index is 865. The molecule has 1 heterocycles. The fraction of sp³-hybridized carbons (Fsp3) is 0.333. The number of nitrogens with one attached hydrogen (secondary N) is 1. The summed E-state index contributed by atoms with van der Waals surface area (Å²) in [6.07, 6.45) is 1.42. The van der Waals surface area contributed by atoms with Crippen LogP contribution in [0.4, 0.5) is 10.1 Å². The molecule has 0 unspecified atom stereocenters. The Labute approximate surface area is 152 Å². The van der Waals surface area contributed by atoms with E-state index in [1.165, 1.54) is 22.0 Å². The quantitative estimate of drug-likeness (QED) is 0.867. The number of nitrogens with zero attached hydrogens (tertiary/aromatic N) is 1. The summed E-state index contributed by atoms with van der Waals surface area (Å²) in [5.41, 5.74) is 2.24. The van der Waals surface area contributed by atoms with Crippen LogP contribution in [0.15, 0.2) is 47.4 Å². The lowest BCUT2D eigenvalue weighted by atomic mass is 10.1. The van der Waals surface area contributed by atoms with Gasteiger partial charge in [0, 0.05) is 24.8 Å². The molecule has 134 valence electrons. The van der Waals surface area contributed by atoms with Crippen LogP contribution in [-0.2, 0) is 10.0 Å². The van der Waals surface area contributed by atoms with Gasteiger partial charge in [0.2, 0.25) is 10.0 Å². The number of sulfonamides is 1. The van der Waals surface area contributed by atoms with Crippen LogP contribution in [0.1, 0.15) is 18.4 Å². The van der Waals surface area contributed by atoms with E-state index >= 15 is 0 Å². The SMILES string of the molecule is Cc1ccccc1NC1CCN(S(=O)(=O)c2ccc(F)c(Cl)c2)CC1. The molecular weight excluding hydrogens is 363 g/mol. The average Bonchev–Trinajstić information content (AvgIpc) is 2.60. The smallest absolute Gasteiger partial charge is 0.243 e. The molecule has 2 aromatic carbocycles. The third kappa shape index (κ3) is 3.97. The largest absolute Gasteiger partial charge is 0.382 e. The first-order valence-electron chi connectivity index (χ1n) is 8.15. The number of aryl methyl sites for hydroxylation is 1. The monoisotopic (exact) mass is 382 g/mol. The normalized spacial score (nSPS) is 16.8. The van der Waals surface area contributed by atoms with Gasteiger partial charge in [-0.1, -0.05) is 29.8 Å². The first-order valence-corrected chi connectivity index (χ1v) is 9.97. The summed E-state index contributed by atoms with van der Waals surface area (Å²) < 4.78 is 40.1. The van der Waals surface area contributed by atoms with Crippen LogP contribution < -0.4 is 5.32 Å². The zero-order chi connectivity index (χ0) is 18.0. The molecule has 7 heteroatoms. The first-order chi connectivity index (χ1) is 11.9. The fourth-order valence-corrected chi connectivity index (χ4v) is 4.72. The standard InChI is InChI=1S/C18H20ClFN2O2S/c1-13-4-2-3-5-18(13)21-14-8-10-22(11-9-14)25(23,24)15-6-7-17(20)16(19)12-15/h2-7,12,14,21H,8-11H2,1H3. The molecule has 25 heavy (non-hydrogen) atoms. The van der Waals surface area contributed by atoms with Crippen molar-refractivity contribution in [3.05, 3.63) is 58.9 Å². The molecule has 3 rings (SSSR count). The molecule has 0 bridgehead atoms. The Morgan fingerprint density at radius 3 is 2.48 bits per heavy atom. The second-order valence-corrected chi connectivity index (χ2v) is 8.56. The minimum absolute atomic E-state index is 0.0317. The number of halogens is 2. The van der Waals surface area contributed by atoms with Crippen molar-refractivity contribution in [3.63, 3.8) is 0 Å². The van der Waals surface area contributed by atoms with Crippen molar-refractivity contribution in [1.82, 2.24) is 4.31 Å². The third-order valence-corrected chi connectivity index (χ3v) is 6.67. The maximum Gasteiger partial charge on any atom is 0.243 e. The Morgan fingerprint density at radius 1 is 1.16 bits per heavy atom. The van der Waals surface area contributed by atoms with Crippen LogP contribution in [0, 0.1) is 12.7 Å². The molecule has 4 nitrogen and oxygen atoms in total. The van der Waals surface area contributed by atoms with Gasteiger partial charge >= 0.3 is 0 Å². The highest BCUT2D eigenvalue weighted by Crippen LogP contribution is 2.26. The maximum absolute atomic E-state index is 13.3. The van der Waals surface area contributed by atoms with Crippen molar-refractivity contribution < 1.29 is 12.8 Å². The first kappa shape index (κ1) is 18.2. The Morgan fingerprint density at radius 2 is 1.84 bits per heavy atom. The number of piperidine rings is 1. The van der Waals surface area contributed by atoms with Gasteiger partial charge in [0.1, 0.15) is 5.82 Å². The van der Waals surface area contributed by atoms with E-state index < -0.39 is 15.8 Å². The number of hydrogen-bond donors (Lipinski definition) is 1. The minimum Gasteiger partial charge on any atom is -0.382 e. The number of benzene rings is 2. The number of hydrogen-bond acceptors (Lipinski definition) is 3. The van der Waals surface area contributed by atoms with E-state index in [2.05, 4.69) is 5.32 Å². The third-order valence-electron chi connectivity index (χ3n) is 4.49.